The normalized spacial score (nSPS) is 15.2. The number of amides is 1. The molecule has 30 heavy (non-hydrogen) atoms. The van der Waals surface area contributed by atoms with Gasteiger partial charge < -0.3 is 23.8 Å². The Kier molecular flexibility index (Phi) is 6.82. The summed E-state index contributed by atoms with van der Waals surface area (Å²) in [6.45, 7) is 2.29. The molecular weight excluding hydrogens is 386 g/mol. The molecule has 0 aliphatic carbocycles. The highest BCUT2D eigenvalue weighted by molar-refractivity contribution is 5.80. The number of aryl methyl sites for hydroxylation is 1. The van der Waals surface area contributed by atoms with Crippen molar-refractivity contribution < 1.29 is 28.5 Å². The standard InChI is InChI=1S/C23H27NO6/c1-15-7-5-6-8-19(15)30-14-22(25)24-10-9-16-11-20(27-2)21(28-3)12-17(16)18(24)13-23(26)29-4/h5-8,11-12,18H,9-10,13-14H2,1-4H3/t18-/m0/s1. The summed E-state index contributed by atoms with van der Waals surface area (Å²) in [6.07, 6.45) is 0.693. The first-order valence-corrected chi connectivity index (χ1v) is 9.78. The summed E-state index contributed by atoms with van der Waals surface area (Å²) < 4.78 is 21.4. The third kappa shape index (κ3) is 4.50. The van der Waals surface area contributed by atoms with Gasteiger partial charge in [0.1, 0.15) is 5.75 Å². The number of hydrogen-bond acceptors (Lipinski definition) is 6. The Bertz CT molecular complexity index is 926. The Morgan fingerprint density at radius 1 is 1.03 bits per heavy atom. The SMILES string of the molecule is COC(=O)C[C@H]1c2cc(OC)c(OC)cc2CCN1C(=O)COc1ccccc1C. The third-order valence-corrected chi connectivity index (χ3v) is 5.36. The molecule has 7 heteroatoms. The number of carbonyl (C=O) groups excluding carboxylic acids is 2. The number of carbonyl (C=O) groups is 2. The average Bonchev–Trinajstić information content (AvgIpc) is 2.77. The number of fused-ring (bicyclic) bond motifs is 1. The predicted molar refractivity (Wildman–Crippen MR) is 111 cm³/mol. The summed E-state index contributed by atoms with van der Waals surface area (Å²) >= 11 is 0. The lowest BCUT2D eigenvalue weighted by Gasteiger charge is -2.37. The molecule has 0 N–H and O–H groups in total. The lowest BCUT2D eigenvalue weighted by atomic mass is 9.90. The molecule has 0 saturated heterocycles. The van der Waals surface area contributed by atoms with Crippen LogP contribution >= 0.6 is 0 Å². The van der Waals surface area contributed by atoms with Crippen molar-refractivity contribution >= 4 is 11.9 Å². The van der Waals surface area contributed by atoms with Gasteiger partial charge in [-0.2, -0.15) is 0 Å². The summed E-state index contributed by atoms with van der Waals surface area (Å²) in [4.78, 5) is 26.8. The fourth-order valence-corrected chi connectivity index (χ4v) is 3.73. The van der Waals surface area contributed by atoms with E-state index in [1.165, 1.54) is 7.11 Å². The van der Waals surface area contributed by atoms with Crippen molar-refractivity contribution in [2.75, 3.05) is 34.5 Å². The zero-order valence-corrected chi connectivity index (χ0v) is 17.8. The van der Waals surface area contributed by atoms with Crippen molar-refractivity contribution in [1.29, 1.82) is 0 Å². The summed E-state index contributed by atoms with van der Waals surface area (Å²) in [5.41, 5.74) is 2.83. The minimum absolute atomic E-state index is 0.0507. The molecule has 1 atom stereocenters. The van der Waals surface area contributed by atoms with Crippen molar-refractivity contribution in [1.82, 2.24) is 4.90 Å². The molecule has 1 heterocycles. The molecule has 1 aliphatic heterocycles. The molecule has 0 bridgehead atoms. The van der Waals surface area contributed by atoms with E-state index < -0.39 is 6.04 Å². The van der Waals surface area contributed by atoms with Gasteiger partial charge in [-0.15, -0.1) is 0 Å². The van der Waals surface area contributed by atoms with Crippen LogP contribution < -0.4 is 14.2 Å². The zero-order valence-electron chi connectivity index (χ0n) is 17.8. The highest BCUT2D eigenvalue weighted by atomic mass is 16.5. The smallest absolute Gasteiger partial charge is 0.307 e. The Morgan fingerprint density at radius 2 is 1.73 bits per heavy atom. The van der Waals surface area contributed by atoms with Crippen LogP contribution in [0.5, 0.6) is 17.2 Å². The molecule has 0 unspecified atom stereocenters. The number of nitrogens with zero attached hydrogens (tertiary/aromatic N) is 1. The van der Waals surface area contributed by atoms with Crippen LogP contribution in [0.25, 0.3) is 0 Å². The van der Waals surface area contributed by atoms with Gasteiger partial charge in [-0.25, -0.2) is 0 Å². The van der Waals surface area contributed by atoms with Gasteiger partial charge in [0, 0.05) is 6.54 Å². The van der Waals surface area contributed by atoms with Crippen molar-refractivity contribution in [2.45, 2.75) is 25.8 Å². The van der Waals surface area contributed by atoms with Gasteiger partial charge in [-0.05, 0) is 48.2 Å². The van der Waals surface area contributed by atoms with Crippen molar-refractivity contribution in [3.63, 3.8) is 0 Å². The molecule has 0 saturated carbocycles. The van der Waals surface area contributed by atoms with Gasteiger partial charge in [0.05, 0.1) is 33.8 Å². The Hall–Kier alpha value is -3.22. The summed E-state index contributed by atoms with van der Waals surface area (Å²) in [7, 11) is 4.48. The van der Waals surface area contributed by atoms with Crippen LogP contribution in [0.15, 0.2) is 36.4 Å². The molecule has 0 radical (unpaired) electrons. The van der Waals surface area contributed by atoms with Crippen LogP contribution in [0.2, 0.25) is 0 Å². The first kappa shape index (κ1) is 21.5. The second-order valence-corrected chi connectivity index (χ2v) is 7.09. The summed E-state index contributed by atoms with van der Waals surface area (Å²) in [6, 6.07) is 10.8. The number of rotatable bonds is 7. The van der Waals surface area contributed by atoms with E-state index in [1.807, 2.05) is 43.3 Å². The highest BCUT2D eigenvalue weighted by Crippen LogP contribution is 2.39. The van der Waals surface area contributed by atoms with E-state index in [9.17, 15) is 9.59 Å². The van der Waals surface area contributed by atoms with E-state index >= 15 is 0 Å². The number of ether oxygens (including phenoxy) is 4. The van der Waals surface area contributed by atoms with Crippen molar-refractivity contribution in [3.05, 3.63) is 53.1 Å². The third-order valence-electron chi connectivity index (χ3n) is 5.36. The number of esters is 1. The van der Waals surface area contributed by atoms with Crippen LogP contribution in [-0.4, -0.2) is 51.3 Å². The molecule has 0 fully saturated rings. The number of benzene rings is 2. The van der Waals surface area contributed by atoms with Crippen LogP contribution in [0.4, 0.5) is 0 Å². The molecule has 160 valence electrons. The maximum absolute atomic E-state index is 13.0. The molecule has 1 amide bonds. The second kappa shape index (κ2) is 9.52. The molecule has 3 rings (SSSR count). The number of para-hydroxylation sites is 1. The second-order valence-electron chi connectivity index (χ2n) is 7.09. The van der Waals surface area contributed by atoms with E-state index in [-0.39, 0.29) is 24.9 Å². The van der Waals surface area contributed by atoms with E-state index in [1.54, 1.807) is 19.1 Å². The average molecular weight is 413 g/mol. The van der Waals surface area contributed by atoms with E-state index in [0.29, 0.717) is 30.2 Å². The maximum Gasteiger partial charge on any atom is 0.307 e. The van der Waals surface area contributed by atoms with E-state index in [4.69, 9.17) is 18.9 Å². The molecule has 1 aliphatic rings. The molecule has 2 aromatic rings. The fourth-order valence-electron chi connectivity index (χ4n) is 3.73. The van der Waals surface area contributed by atoms with Crippen LogP contribution in [-0.2, 0) is 20.7 Å². The molecule has 2 aromatic carbocycles. The van der Waals surface area contributed by atoms with Crippen molar-refractivity contribution in [3.8, 4) is 17.2 Å². The van der Waals surface area contributed by atoms with Crippen LogP contribution in [0, 0.1) is 6.92 Å². The first-order valence-electron chi connectivity index (χ1n) is 9.78. The quantitative estimate of drug-likeness (QED) is 0.650. The first-order chi connectivity index (χ1) is 14.5. The van der Waals surface area contributed by atoms with Gasteiger partial charge in [0.25, 0.3) is 5.91 Å². The lowest BCUT2D eigenvalue weighted by Crippen LogP contribution is -2.43. The summed E-state index contributed by atoms with van der Waals surface area (Å²) in [5.74, 6) is 1.26. The van der Waals surface area contributed by atoms with Crippen LogP contribution in [0.3, 0.4) is 0 Å². The topological polar surface area (TPSA) is 74.3 Å². The molecule has 0 aromatic heterocycles. The zero-order chi connectivity index (χ0) is 21.7. The van der Waals surface area contributed by atoms with Gasteiger partial charge in [0.15, 0.2) is 18.1 Å². The summed E-state index contributed by atoms with van der Waals surface area (Å²) in [5, 5.41) is 0. The predicted octanol–water partition coefficient (Wildman–Crippen LogP) is 3.08. The highest BCUT2D eigenvalue weighted by Gasteiger charge is 2.34. The monoisotopic (exact) mass is 413 g/mol. The van der Waals surface area contributed by atoms with Gasteiger partial charge in [-0.1, -0.05) is 18.2 Å². The lowest BCUT2D eigenvalue weighted by molar-refractivity contribution is -0.144. The van der Waals surface area contributed by atoms with E-state index in [0.717, 1.165) is 16.7 Å². The van der Waals surface area contributed by atoms with Gasteiger partial charge in [0.2, 0.25) is 0 Å². The minimum Gasteiger partial charge on any atom is -0.493 e. The number of hydrogen-bond donors (Lipinski definition) is 0. The molecule has 7 nitrogen and oxygen atoms in total. The van der Waals surface area contributed by atoms with Gasteiger partial charge in [-0.3, -0.25) is 9.59 Å². The van der Waals surface area contributed by atoms with Crippen LogP contribution in [0.1, 0.15) is 29.2 Å². The van der Waals surface area contributed by atoms with Crippen molar-refractivity contribution in [2.24, 2.45) is 0 Å². The Balaban J connectivity index is 1.87. The van der Waals surface area contributed by atoms with E-state index in [2.05, 4.69) is 0 Å². The maximum atomic E-state index is 13.0. The molecular formula is C23H27NO6. The molecule has 0 spiro atoms. The Morgan fingerprint density at radius 3 is 2.40 bits per heavy atom. The minimum atomic E-state index is -0.464. The van der Waals surface area contributed by atoms with Gasteiger partial charge >= 0.3 is 5.97 Å². The largest absolute Gasteiger partial charge is 0.493 e. The fraction of sp³-hybridized carbons (Fsp3) is 0.391. The number of methoxy groups -OCH3 is 3. The Labute approximate surface area is 176 Å².